The van der Waals surface area contributed by atoms with Crippen LogP contribution in [0, 0.1) is 0 Å². The number of hydrogen-bond acceptors (Lipinski definition) is 1. The van der Waals surface area contributed by atoms with Gasteiger partial charge < -0.3 is 0 Å². The predicted octanol–water partition coefficient (Wildman–Crippen LogP) is 2.21. The van der Waals surface area contributed by atoms with Crippen LogP contribution >= 0.6 is 22.6 Å². The third kappa shape index (κ3) is 1.41. The van der Waals surface area contributed by atoms with Gasteiger partial charge in [0.05, 0.1) is 3.92 Å². The van der Waals surface area contributed by atoms with Crippen LogP contribution in [0.25, 0.3) is 0 Å². The van der Waals surface area contributed by atoms with Crippen molar-refractivity contribution in [2.75, 3.05) is 0 Å². The van der Waals surface area contributed by atoms with Gasteiger partial charge in [-0.05, 0) is 24.6 Å². The smallest absolute Gasteiger partial charge is 0.267 e. The van der Waals surface area contributed by atoms with E-state index in [1.807, 2.05) is 18.2 Å². The lowest BCUT2D eigenvalue weighted by Crippen LogP contribution is -2.17. The SMILES string of the molecule is CC1=CC=C2C(=O)N=CC=C2C1I. The van der Waals surface area contributed by atoms with Crippen LogP contribution in [0.4, 0.5) is 0 Å². The Morgan fingerprint density at radius 2 is 2.15 bits per heavy atom. The number of amides is 1. The summed E-state index contributed by atoms with van der Waals surface area (Å²) in [6, 6.07) is 0. The van der Waals surface area contributed by atoms with Gasteiger partial charge in [0, 0.05) is 11.8 Å². The van der Waals surface area contributed by atoms with Gasteiger partial charge in [0.25, 0.3) is 5.91 Å². The summed E-state index contributed by atoms with van der Waals surface area (Å²) in [6.07, 6.45) is 7.35. The Bertz CT molecular complexity index is 388. The zero-order valence-corrected chi connectivity index (χ0v) is 9.28. The van der Waals surface area contributed by atoms with E-state index in [4.69, 9.17) is 0 Å². The zero-order valence-electron chi connectivity index (χ0n) is 7.12. The third-order valence-electron chi connectivity index (χ3n) is 2.17. The average Bonchev–Trinajstić information content (AvgIpc) is 2.12. The van der Waals surface area contributed by atoms with Crippen LogP contribution in [0.3, 0.4) is 0 Å². The van der Waals surface area contributed by atoms with Crippen molar-refractivity contribution >= 4 is 34.7 Å². The number of dihydropyridines is 1. The lowest BCUT2D eigenvalue weighted by Gasteiger charge is -2.21. The fraction of sp³-hybridized carbons (Fsp3) is 0.200. The first-order valence-corrected chi connectivity index (χ1v) is 5.26. The highest BCUT2D eigenvalue weighted by Gasteiger charge is 2.25. The number of carbonyl (C=O) groups excluding carboxylic acids is 1. The normalized spacial score (nSPS) is 26.2. The molecule has 0 radical (unpaired) electrons. The maximum Gasteiger partial charge on any atom is 0.277 e. The standard InChI is InChI=1S/C10H8INO/c1-6-2-3-8-7(9(6)11)4-5-12-10(8)13/h2-5,9H,1H3. The van der Waals surface area contributed by atoms with E-state index in [9.17, 15) is 4.79 Å². The molecule has 0 N–H and O–H groups in total. The fourth-order valence-electron chi connectivity index (χ4n) is 1.40. The Labute approximate surface area is 90.3 Å². The summed E-state index contributed by atoms with van der Waals surface area (Å²) in [7, 11) is 0. The van der Waals surface area contributed by atoms with Crippen LogP contribution in [0.15, 0.2) is 39.9 Å². The molecule has 2 rings (SSSR count). The van der Waals surface area contributed by atoms with Gasteiger partial charge in [-0.1, -0.05) is 34.2 Å². The number of halogens is 1. The number of fused-ring (bicyclic) bond motifs is 1. The van der Waals surface area contributed by atoms with Gasteiger partial charge in [0.15, 0.2) is 0 Å². The van der Waals surface area contributed by atoms with E-state index >= 15 is 0 Å². The molecule has 2 nitrogen and oxygen atoms in total. The second-order valence-corrected chi connectivity index (χ2v) is 4.30. The molecule has 13 heavy (non-hydrogen) atoms. The summed E-state index contributed by atoms with van der Waals surface area (Å²) < 4.78 is 0.313. The summed E-state index contributed by atoms with van der Waals surface area (Å²) in [4.78, 5) is 15.1. The lowest BCUT2D eigenvalue weighted by molar-refractivity contribution is -0.114. The first-order valence-electron chi connectivity index (χ1n) is 4.01. The van der Waals surface area contributed by atoms with Crippen molar-refractivity contribution in [3.63, 3.8) is 0 Å². The molecule has 0 aromatic rings. The molecule has 0 bridgehead atoms. The van der Waals surface area contributed by atoms with E-state index < -0.39 is 0 Å². The molecule has 0 saturated carbocycles. The van der Waals surface area contributed by atoms with Crippen molar-refractivity contribution in [2.24, 2.45) is 4.99 Å². The number of alkyl halides is 1. The number of hydrogen-bond donors (Lipinski definition) is 0. The van der Waals surface area contributed by atoms with E-state index in [2.05, 4.69) is 34.5 Å². The molecule has 1 aliphatic heterocycles. The van der Waals surface area contributed by atoms with Gasteiger partial charge in [0.1, 0.15) is 0 Å². The van der Waals surface area contributed by atoms with Crippen molar-refractivity contribution in [2.45, 2.75) is 10.8 Å². The van der Waals surface area contributed by atoms with Crippen LogP contribution in [0.1, 0.15) is 6.92 Å². The minimum Gasteiger partial charge on any atom is -0.267 e. The molecule has 0 aromatic heterocycles. The molecule has 66 valence electrons. The summed E-state index contributed by atoms with van der Waals surface area (Å²) in [5, 5.41) is 0. The molecule has 1 heterocycles. The van der Waals surface area contributed by atoms with Gasteiger partial charge in [-0.15, -0.1) is 0 Å². The third-order valence-corrected chi connectivity index (χ3v) is 3.83. The average molecular weight is 285 g/mol. The summed E-state index contributed by atoms with van der Waals surface area (Å²) >= 11 is 2.34. The zero-order chi connectivity index (χ0) is 9.42. The Morgan fingerprint density at radius 1 is 1.38 bits per heavy atom. The molecule has 1 unspecified atom stereocenters. The van der Waals surface area contributed by atoms with Crippen LogP contribution < -0.4 is 0 Å². The van der Waals surface area contributed by atoms with Crippen LogP contribution in [0.5, 0.6) is 0 Å². The molecule has 0 fully saturated rings. The highest BCUT2D eigenvalue weighted by molar-refractivity contribution is 14.1. The van der Waals surface area contributed by atoms with Gasteiger partial charge in [0.2, 0.25) is 0 Å². The molecular weight excluding hydrogens is 277 g/mol. The Kier molecular flexibility index (Phi) is 2.19. The Morgan fingerprint density at radius 3 is 2.92 bits per heavy atom. The molecule has 1 atom stereocenters. The van der Waals surface area contributed by atoms with Crippen molar-refractivity contribution in [3.05, 3.63) is 34.9 Å². The van der Waals surface area contributed by atoms with E-state index in [1.165, 1.54) is 5.57 Å². The molecule has 3 heteroatoms. The predicted molar refractivity (Wildman–Crippen MR) is 61.2 cm³/mol. The number of aliphatic imine (C=N–C) groups is 1. The minimum atomic E-state index is -0.122. The van der Waals surface area contributed by atoms with Crippen molar-refractivity contribution in [1.82, 2.24) is 0 Å². The van der Waals surface area contributed by atoms with E-state index in [1.54, 1.807) is 6.21 Å². The Balaban J connectivity index is 2.52. The largest absolute Gasteiger partial charge is 0.277 e. The number of allylic oxidation sites excluding steroid dienone is 4. The molecule has 0 saturated heterocycles. The van der Waals surface area contributed by atoms with Crippen molar-refractivity contribution in [1.29, 1.82) is 0 Å². The van der Waals surface area contributed by atoms with Crippen molar-refractivity contribution in [3.8, 4) is 0 Å². The summed E-state index contributed by atoms with van der Waals surface area (Å²) in [6.45, 7) is 2.07. The number of nitrogens with zero attached hydrogens (tertiary/aromatic N) is 1. The van der Waals surface area contributed by atoms with Gasteiger partial charge >= 0.3 is 0 Å². The topological polar surface area (TPSA) is 29.4 Å². The maximum atomic E-state index is 11.3. The summed E-state index contributed by atoms with van der Waals surface area (Å²) in [5.74, 6) is -0.122. The number of rotatable bonds is 0. The maximum absolute atomic E-state index is 11.3. The highest BCUT2D eigenvalue weighted by Crippen LogP contribution is 2.32. The lowest BCUT2D eigenvalue weighted by atomic mass is 9.92. The first kappa shape index (κ1) is 8.87. The van der Waals surface area contributed by atoms with Crippen molar-refractivity contribution < 1.29 is 4.79 Å². The molecule has 0 aromatic carbocycles. The number of carbonyl (C=O) groups is 1. The molecule has 1 aliphatic carbocycles. The van der Waals surface area contributed by atoms with Crippen LogP contribution in [-0.2, 0) is 4.79 Å². The second kappa shape index (κ2) is 3.21. The molecular formula is C10H8INO. The van der Waals surface area contributed by atoms with Crippen LogP contribution in [0.2, 0.25) is 0 Å². The first-order chi connectivity index (χ1) is 6.20. The van der Waals surface area contributed by atoms with E-state index in [0.717, 1.165) is 11.1 Å². The second-order valence-electron chi connectivity index (χ2n) is 3.06. The van der Waals surface area contributed by atoms with Gasteiger partial charge in [-0.3, -0.25) is 4.79 Å². The highest BCUT2D eigenvalue weighted by atomic mass is 127. The monoisotopic (exact) mass is 285 g/mol. The Hall–Kier alpha value is -0.710. The molecule has 2 aliphatic rings. The molecule has 0 spiro atoms. The van der Waals surface area contributed by atoms with Gasteiger partial charge in [-0.25, -0.2) is 4.99 Å². The van der Waals surface area contributed by atoms with Gasteiger partial charge in [-0.2, -0.15) is 0 Å². The summed E-state index contributed by atoms with van der Waals surface area (Å²) in [5.41, 5.74) is 3.10. The van der Waals surface area contributed by atoms with Crippen LogP contribution in [-0.4, -0.2) is 16.0 Å². The molecule has 1 amide bonds. The fourth-order valence-corrected chi connectivity index (χ4v) is 2.15. The van der Waals surface area contributed by atoms with E-state index in [0.29, 0.717) is 3.92 Å². The quantitative estimate of drug-likeness (QED) is 0.495. The van der Waals surface area contributed by atoms with E-state index in [-0.39, 0.29) is 5.91 Å². The minimum absolute atomic E-state index is 0.122.